The Morgan fingerprint density at radius 2 is 1.94 bits per heavy atom. The van der Waals surface area contributed by atoms with Gasteiger partial charge in [0.2, 0.25) is 11.6 Å². The number of aromatic nitrogens is 4. The number of carbonyl (C=O) groups excluding carboxylic acids is 1. The molecule has 2 atom stereocenters. The Kier molecular flexibility index (Phi) is 6.02. The van der Waals surface area contributed by atoms with Crippen molar-refractivity contribution < 1.29 is 14.3 Å². The summed E-state index contributed by atoms with van der Waals surface area (Å²) in [5.41, 5.74) is 0.543. The van der Waals surface area contributed by atoms with Gasteiger partial charge in [0, 0.05) is 31.5 Å². The van der Waals surface area contributed by atoms with Gasteiger partial charge >= 0.3 is 5.69 Å². The van der Waals surface area contributed by atoms with Crippen LogP contribution in [-0.4, -0.2) is 52.4 Å². The average Bonchev–Trinajstić information content (AvgIpc) is 3.08. The first-order valence-corrected chi connectivity index (χ1v) is 10.6. The van der Waals surface area contributed by atoms with Crippen molar-refractivity contribution in [2.24, 2.45) is 11.8 Å². The minimum Gasteiger partial charge on any atom is -0.497 e. The lowest BCUT2D eigenvalue weighted by Gasteiger charge is -2.35. The van der Waals surface area contributed by atoms with E-state index in [1.807, 2.05) is 0 Å². The van der Waals surface area contributed by atoms with Gasteiger partial charge in [0.15, 0.2) is 5.82 Å². The summed E-state index contributed by atoms with van der Waals surface area (Å²) in [6, 6.07) is 5.07. The van der Waals surface area contributed by atoms with E-state index < -0.39 is 11.6 Å². The van der Waals surface area contributed by atoms with Crippen molar-refractivity contribution in [3.05, 3.63) is 41.1 Å². The molecule has 10 nitrogen and oxygen atoms in total. The fourth-order valence-corrected chi connectivity index (χ4v) is 4.32. The largest absolute Gasteiger partial charge is 0.497 e. The van der Waals surface area contributed by atoms with E-state index >= 15 is 0 Å². The lowest BCUT2D eigenvalue weighted by molar-refractivity contribution is -0.117. The molecule has 0 saturated carbocycles. The van der Waals surface area contributed by atoms with E-state index in [9.17, 15) is 9.59 Å². The molecule has 0 aliphatic carbocycles. The maximum absolute atomic E-state index is 12.9. The number of amides is 1. The van der Waals surface area contributed by atoms with Gasteiger partial charge in [0.05, 0.1) is 19.9 Å². The standard InChI is InChI=1S/C22H28N6O4/c1-14-9-15(2)12-26(11-14)20-21-25-28(22(30)27(21)8-7-23-20)13-19(29)24-17-6-5-16(31-3)10-18(17)32-4/h5-8,10,14-15H,9,11-13H2,1-4H3,(H,24,29). The van der Waals surface area contributed by atoms with E-state index in [0.717, 1.165) is 24.2 Å². The van der Waals surface area contributed by atoms with Gasteiger partial charge in [-0.1, -0.05) is 13.8 Å². The van der Waals surface area contributed by atoms with Crippen LogP contribution in [0, 0.1) is 11.8 Å². The number of fused-ring (bicyclic) bond motifs is 1. The van der Waals surface area contributed by atoms with Crippen molar-refractivity contribution in [1.29, 1.82) is 0 Å². The molecular formula is C22H28N6O4. The molecule has 1 aromatic carbocycles. The van der Waals surface area contributed by atoms with Gasteiger partial charge in [0.1, 0.15) is 18.0 Å². The molecule has 1 N–H and O–H groups in total. The second-order valence-electron chi connectivity index (χ2n) is 8.35. The van der Waals surface area contributed by atoms with Gasteiger partial charge in [-0.3, -0.25) is 4.79 Å². The van der Waals surface area contributed by atoms with E-state index in [-0.39, 0.29) is 6.54 Å². The highest BCUT2D eigenvalue weighted by Crippen LogP contribution is 2.29. The first-order chi connectivity index (χ1) is 15.4. The molecule has 0 spiro atoms. The summed E-state index contributed by atoms with van der Waals surface area (Å²) < 4.78 is 13.1. The maximum atomic E-state index is 12.9. The Morgan fingerprint density at radius 1 is 1.19 bits per heavy atom. The summed E-state index contributed by atoms with van der Waals surface area (Å²) in [5, 5.41) is 7.21. The van der Waals surface area contributed by atoms with Crippen molar-refractivity contribution in [3.8, 4) is 11.5 Å². The number of rotatable bonds is 6. The highest BCUT2D eigenvalue weighted by molar-refractivity contribution is 5.92. The Morgan fingerprint density at radius 3 is 2.62 bits per heavy atom. The summed E-state index contributed by atoms with van der Waals surface area (Å²) in [6.07, 6.45) is 4.34. The molecule has 1 aliphatic heterocycles. The van der Waals surface area contributed by atoms with Gasteiger partial charge in [0.25, 0.3) is 0 Å². The fraction of sp³-hybridized carbons (Fsp3) is 0.455. The number of ether oxygens (including phenoxy) is 2. The third-order valence-corrected chi connectivity index (χ3v) is 5.63. The van der Waals surface area contributed by atoms with Crippen LogP contribution in [0.4, 0.5) is 11.5 Å². The molecule has 32 heavy (non-hydrogen) atoms. The van der Waals surface area contributed by atoms with Crippen LogP contribution < -0.4 is 25.4 Å². The molecule has 1 fully saturated rings. The van der Waals surface area contributed by atoms with Crippen LogP contribution in [0.25, 0.3) is 5.65 Å². The Bertz CT molecular complexity index is 1180. The van der Waals surface area contributed by atoms with Gasteiger partial charge in [-0.15, -0.1) is 5.10 Å². The number of nitrogens with one attached hydrogen (secondary N) is 1. The number of nitrogens with zero attached hydrogens (tertiary/aromatic N) is 5. The number of piperidine rings is 1. The van der Waals surface area contributed by atoms with Gasteiger partial charge < -0.3 is 19.7 Å². The molecular weight excluding hydrogens is 412 g/mol. The van der Waals surface area contributed by atoms with Crippen molar-refractivity contribution >= 4 is 23.1 Å². The van der Waals surface area contributed by atoms with Gasteiger partial charge in [-0.2, -0.15) is 0 Å². The Hall–Kier alpha value is -3.56. The number of anilines is 2. The predicted octanol–water partition coefficient (Wildman–Crippen LogP) is 2.03. The summed E-state index contributed by atoms with van der Waals surface area (Å²) in [5.74, 6) is 2.39. The first-order valence-electron chi connectivity index (χ1n) is 10.6. The molecule has 0 radical (unpaired) electrons. The van der Waals surface area contributed by atoms with E-state index in [2.05, 4.69) is 34.1 Å². The zero-order valence-corrected chi connectivity index (χ0v) is 18.7. The van der Waals surface area contributed by atoms with Crippen LogP contribution in [0.2, 0.25) is 0 Å². The normalized spacial score (nSPS) is 18.6. The molecule has 1 saturated heterocycles. The Balaban J connectivity index is 1.58. The number of hydrogen-bond acceptors (Lipinski definition) is 7. The second kappa shape index (κ2) is 8.89. The van der Waals surface area contributed by atoms with Crippen molar-refractivity contribution in [2.45, 2.75) is 26.8 Å². The highest BCUT2D eigenvalue weighted by atomic mass is 16.5. The minimum absolute atomic E-state index is 0.234. The summed E-state index contributed by atoms with van der Waals surface area (Å²) >= 11 is 0. The van der Waals surface area contributed by atoms with E-state index in [1.54, 1.807) is 37.7 Å². The quantitative estimate of drug-likeness (QED) is 0.626. The van der Waals surface area contributed by atoms with E-state index in [4.69, 9.17) is 9.47 Å². The summed E-state index contributed by atoms with van der Waals surface area (Å²) in [4.78, 5) is 32.2. The molecule has 170 valence electrons. The number of methoxy groups -OCH3 is 2. The summed E-state index contributed by atoms with van der Waals surface area (Å²) in [7, 11) is 3.06. The molecule has 4 rings (SSSR count). The SMILES string of the molecule is COc1ccc(NC(=O)Cn2nc3c(N4CC(C)CC(C)C4)nccn3c2=O)c(OC)c1. The molecule has 0 bridgehead atoms. The van der Waals surface area contributed by atoms with Gasteiger partial charge in [-0.25, -0.2) is 18.9 Å². The topological polar surface area (TPSA) is 103 Å². The number of benzene rings is 1. The monoisotopic (exact) mass is 440 g/mol. The zero-order chi connectivity index (χ0) is 22.8. The second-order valence-corrected chi connectivity index (χ2v) is 8.35. The third-order valence-electron chi connectivity index (χ3n) is 5.63. The van der Waals surface area contributed by atoms with Crippen LogP contribution in [0.1, 0.15) is 20.3 Å². The third kappa shape index (κ3) is 4.25. The highest BCUT2D eigenvalue weighted by Gasteiger charge is 2.26. The first kappa shape index (κ1) is 21.7. The molecule has 3 aromatic rings. The smallest absolute Gasteiger partial charge is 0.350 e. The van der Waals surface area contributed by atoms with Crippen molar-refractivity contribution in [3.63, 3.8) is 0 Å². The molecule has 1 aliphatic rings. The number of carbonyl (C=O) groups is 1. The molecule has 2 unspecified atom stereocenters. The molecule has 2 aromatic heterocycles. The van der Waals surface area contributed by atoms with Crippen LogP contribution >= 0.6 is 0 Å². The minimum atomic E-state index is -0.395. The van der Waals surface area contributed by atoms with Gasteiger partial charge in [-0.05, 0) is 30.4 Å². The van der Waals surface area contributed by atoms with Crippen molar-refractivity contribution in [1.82, 2.24) is 19.2 Å². The molecule has 10 heteroatoms. The lowest BCUT2D eigenvalue weighted by Crippen LogP contribution is -2.39. The van der Waals surface area contributed by atoms with Crippen LogP contribution in [-0.2, 0) is 11.3 Å². The van der Waals surface area contributed by atoms with Crippen molar-refractivity contribution in [2.75, 3.05) is 37.5 Å². The maximum Gasteiger partial charge on any atom is 0.350 e. The Labute approximate surface area is 185 Å². The van der Waals surface area contributed by atoms with E-state index in [1.165, 1.54) is 11.5 Å². The van der Waals surface area contributed by atoms with E-state index in [0.29, 0.717) is 40.5 Å². The lowest BCUT2D eigenvalue weighted by atomic mass is 9.92. The van der Waals surface area contributed by atoms with Crippen LogP contribution in [0.15, 0.2) is 35.4 Å². The average molecular weight is 441 g/mol. The summed E-state index contributed by atoms with van der Waals surface area (Å²) in [6.45, 7) is 5.91. The molecule has 1 amide bonds. The molecule has 3 heterocycles. The fourth-order valence-electron chi connectivity index (χ4n) is 4.32. The zero-order valence-electron chi connectivity index (χ0n) is 18.7. The van der Waals surface area contributed by atoms with Crippen LogP contribution in [0.3, 0.4) is 0 Å². The predicted molar refractivity (Wildman–Crippen MR) is 121 cm³/mol. The number of hydrogen-bond donors (Lipinski definition) is 1. The van der Waals surface area contributed by atoms with Crippen LogP contribution in [0.5, 0.6) is 11.5 Å².